The molecular weight excluding hydrogens is 548 g/mol. The second kappa shape index (κ2) is 13.4. The number of rotatable bonds is 10. The summed E-state index contributed by atoms with van der Waals surface area (Å²) in [6.07, 6.45) is 4.08. The van der Waals surface area contributed by atoms with Crippen LogP contribution in [0.25, 0.3) is 6.08 Å². The zero-order valence-electron chi connectivity index (χ0n) is 23.3. The summed E-state index contributed by atoms with van der Waals surface area (Å²) in [5.41, 5.74) is 2.06. The zero-order chi connectivity index (χ0) is 28.8. The van der Waals surface area contributed by atoms with Crippen molar-refractivity contribution in [3.05, 3.63) is 55.7 Å². The standard InChI is InChI=1S/C29H34N4O5S2/c1-5-6-10-32-26(31-12-14-38-15-13-31)21(19(2)22(18-30)27(32)34)17-25-28(35)33(29(39)40-25)11-9-20-7-8-23(36-3)24(16-20)37-4/h7-8,16-17H,5-6,9-15H2,1-4H3/b25-17+. The first kappa shape index (κ1) is 29.6. The number of benzene rings is 1. The summed E-state index contributed by atoms with van der Waals surface area (Å²) < 4.78 is 18.5. The number of nitrogens with zero attached hydrogens (tertiary/aromatic N) is 4. The molecule has 1 aromatic carbocycles. The summed E-state index contributed by atoms with van der Waals surface area (Å²) in [6, 6.07) is 7.79. The highest BCUT2D eigenvalue weighted by Gasteiger charge is 2.33. The summed E-state index contributed by atoms with van der Waals surface area (Å²) in [5.74, 6) is 1.81. The molecule has 0 spiro atoms. The first-order valence-electron chi connectivity index (χ1n) is 13.3. The Kier molecular flexibility index (Phi) is 9.90. The van der Waals surface area contributed by atoms with E-state index in [1.807, 2.05) is 18.2 Å². The van der Waals surface area contributed by atoms with Crippen molar-refractivity contribution in [2.45, 2.75) is 39.7 Å². The largest absolute Gasteiger partial charge is 0.493 e. The number of pyridine rings is 1. The molecule has 0 aliphatic carbocycles. The molecule has 11 heteroatoms. The van der Waals surface area contributed by atoms with Crippen LogP contribution in [0.3, 0.4) is 0 Å². The Hall–Kier alpha value is -3.33. The molecule has 2 fully saturated rings. The molecule has 0 saturated carbocycles. The first-order chi connectivity index (χ1) is 19.3. The Labute approximate surface area is 244 Å². The second-order valence-corrected chi connectivity index (χ2v) is 11.2. The number of hydrogen-bond donors (Lipinski definition) is 0. The van der Waals surface area contributed by atoms with E-state index in [0.29, 0.717) is 77.7 Å². The van der Waals surface area contributed by atoms with Gasteiger partial charge >= 0.3 is 0 Å². The van der Waals surface area contributed by atoms with Gasteiger partial charge in [-0.3, -0.25) is 19.1 Å². The zero-order valence-corrected chi connectivity index (χ0v) is 25.0. The van der Waals surface area contributed by atoms with Gasteiger partial charge in [0.2, 0.25) is 0 Å². The van der Waals surface area contributed by atoms with Gasteiger partial charge in [-0.05, 0) is 49.1 Å². The van der Waals surface area contributed by atoms with Gasteiger partial charge in [0.15, 0.2) is 11.5 Å². The van der Waals surface area contributed by atoms with E-state index < -0.39 is 0 Å². The lowest BCUT2D eigenvalue weighted by atomic mass is 10.0. The van der Waals surface area contributed by atoms with Crippen LogP contribution in [0.4, 0.5) is 5.82 Å². The molecule has 3 heterocycles. The molecule has 0 unspecified atom stereocenters. The fourth-order valence-electron chi connectivity index (χ4n) is 4.88. The minimum absolute atomic E-state index is 0.100. The van der Waals surface area contributed by atoms with E-state index in [4.69, 9.17) is 26.4 Å². The van der Waals surface area contributed by atoms with E-state index in [-0.39, 0.29) is 17.0 Å². The predicted molar refractivity (Wildman–Crippen MR) is 161 cm³/mol. The number of thioether (sulfide) groups is 1. The van der Waals surface area contributed by atoms with E-state index in [0.717, 1.165) is 24.2 Å². The van der Waals surface area contributed by atoms with Crippen LogP contribution in [0, 0.1) is 18.3 Å². The van der Waals surface area contributed by atoms with Gasteiger partial charge in [0.05, 0.1) is 32.3 Å². The van der Waals surface area contributed by atoms with Crippen molar-refractivity contribution in [1.29, 1.82) is 5.26 Å². The van der Waals surface area contributed by atoms with Crippen molar-refractivity contribution in [1.82, 2.24) is 9.47 Å². The van der Waals surface area contributed by atoms with Gasteiger partial charge in [-0.2, -0.15) is 5.26 Å². The van der Waals surface area contributed by atoms with Gasteiger partial charge in [0.1, 0.15) is 21.8 Å². The van der Waals surface area contributed by atoms with Crippen molar-refractivity contribution in [3.63, 3.8) is 0 Å². The number of nitriles is 1. The van der Waals surface area contributed by atoms with Crippen LogP contribution in [-0.2, 0) is 22.5 Å². The molecule has 0 atom stereocenters. The fourth-order valence-corrected chi connectivity index (χ4v) is 6.17. The maximum atomic E-state index is 13.6. The van der Waals surface area contributed by atoms with E-state index in [9.17, 15) is 14.9 Å². The minimum Gasteiger partial charge on any atom is -0.493 e. The number of ether oxygens (including phenoxy) is 3. The molecule has 0 N–H and O–H groups in total. The number of methoxy groups -OCH3 is 2. The van der Waals surface area contributed by atoms with Crippen LogP contribution < -0.4 is 19.9 Å². The second-order valence-electron chi connectivity index (χ2n) is 9.53. The molecule has 0 bridgehead atoms. The third kappa shape index (κ3) is 6.04. The predicted octanol–water partition coefficient (Wildman–Crippen LogP) is 4.13. The number of aromatic nitrogens is 1. The monoisotopic (exact) mass is 582 g/mol. The Morgan fingerprint density at radius 3 is 2.52 bits per heavy atom. The summed E-state index contributed by atoms with van der Waals surface area (Å²) >= 11 is 6.85. The van der Waals surface area contributed by atoms with Crippen LogP contribution in [0.1, 0.15) is 42.0 Å². The Morgan fingerprint density at radius 1 is 1.15 bits per heavy atom. The van der Waals surface area contributed by atoms with Gasteiger partial charge in [-0.15, -0.1) is 0 Å². The molecular formula is C29H34N4O5S2. The number of carbonyl (C=O) groups excluding carboxylic acids is 1. The number of thiocarbonyl (C=S) groups is 1. The molecule has 212 valence electrons. The number of amides is 1. The summed E-state index contributed by atoms with van der Waals surface area (Å²) in [7, 11) is 3.18. The Balaban J connectivity index is 1.70. The topological polar surface area (TPSA) is 97.0 Å². The molecule has 2 aliphatic rings. The van der Waals surface area contributed by atoms with E-state index in [1.54, 1.807) is 36.7 Å². The SMILES string of the molecule is CCCCn1c(N2CCOCC2)c(/C=C2/SC(=S)N(CCc3ccc(OC)c(OC)c3)C2=O)c(C)c(C#N)c1=O. The van der Waals surface area contributed by atoms with Crippen molar-refractivity contribution >= 4 is 46.1 Å². The van der Waals surface area contributed by atoms with Crippen molar-refractivity contribution < 1.29 is 19.0 Å². The minimum atomic E-state index is -0.297. The highest BCUT2D eigenvalue weighted by Crippen LogP contribution is 2.36. The van der Waals surface area contributed by atoms with E-state index in [2.05, 4.69) is 17.9 Å². The molecule has 1 aromatic heterocycles. The average molecular weight is 583 g/mol. The quantitative estimate of drug-likeness (QED) is 0.303. The fraction of sp³-hybridized carbons (Fsp3) is 0.448. The van der Waals surface area contributed by atoms with Crippen LogP contribution in [0.15, 0.2) is 27.9 Å². The summed E-state index contributed by atoms with van der Waals surface area (Å²) in [5, 5.41) is 9.88. The van der Waals surface area contributed by atoms with Gasteiger partial charge in [-0.1, -0.05) is 43.4 Å². The molecule has 9 nitrogen and oxygen atoms in total. The van der Waals surface area contributed by atoms with Crippen molar-refractivity contribution in [2.24, 2.45) is 0 Å². The van der Waals surface area contributed by atoms with Crippen LogP contribution in [-0.4, -0.2) is 66.8 Å². The number of anilines is 1. The van der Waals surface area contributed by atoms with E-state index in [1.165, 1.54) is 11.8 Å². The maximum Gasteiger partial charge on any atom is 0.270 e. The highest BCUT2D eigenvalue weighted by molar-refractivity contribution is 8.26. The molecule has 2 aromatic rings. The van der Waals surface area contributed by atoms with Crippen LogP contribution in [0.5, 0.6) is 11.5 Å². The lowest BCUT2D eigenvalue weighted by Crippen LogP contribution is -2.41. The van der Waals surface area contributed by atoms with Crippen molar-refractivity contribution in [2.75, 3.05) is 52.0 Å². The van der Waals surface area contributed by atoms with Gasteiger partial charge in [0, 0.05) is 31.7 Å². The molecule has 0 radical (unpaired) electrons. The Morgan fingerprint density at radius 2 is 1.88 bits per heavy atom. The number of hydrogen-bond acceptors (Lipinski definition) is 9. The lowest BCUT2D eigenvalue weighted by molar-refractivity contribution is -0.122. The first-order valence-corrected chi connectivity index (χ1v) is 14.5. The number of carbonyl (C=O) groups is 1. The van der Waals surface area contributed by atoms with Gasteiger partial charge in [-0.25, -0.2) is 0 Å². The number of morpholine rings is 1. The molecule has 40 heavy (non-hydrogen) atoms. The van der Waals surface area contributed by atoms with Gasteiger partial charge < -0.3 is 19.1 Å². The van der Waals surface area contributed by atoms with Crippen LogP contribution >= 0.6 is 24.0 Å². The molecule has 2 saturated heterocycles. The molecule has 2 aliphatic heterocycles. The lowest BCUT2D eigenvalue weighted by Gasteiger charge is -2.33. The smallest absolute Gasteiger partial charge is 0.270 e. The van der Waals surface area contributed by atoms with Crippen LogP contribution in [0.2, 0.25) is 0 Å². The number of unbranched alkanes of at least 4 members (excludes halogenated alkanes) is 1. The Bertz CT molecular complexity index is 1420. The third-order valence-electron chi connectivity index (χ3n) is 7.11. The summed E-state index contributed by atoms with van der Waals surface area (Å²) in [6.45, 7) is 7.05. The van der Waals surface area contributed by atoms with E-state index >= 15 is 0 Å². The van der Waals surface area contributed by atoms with Gasteiger partial charge in [0.25, 0.3) is 11.5 Å². The molecule has 1 amide bonds. The summed E-state index contributed by atoms with van der Waals surface area (Å²) in [4.78, 5) is 31.2. The third-order valence-corrected chi connectivity index (χ3v) is 8.49. The van der Waals surface area contributed by atoms with Crippen molar-refractivity contribution in [3.8, 4) is 17.6 Å². The maximum absolute atomic E-state index is 13.6. The normalized spacial score (nSPS) is 16.5. The average Bonchev–Trinajstić information content (AvgIpc) is 3.24. The molecule has 4 rings (SSSR count). The highest BCUT2D eigenvalue weighted by atomic mass is 32.2.